The van der Waals surface area contributed by atoms with Gasteiger partial charge < -0.3 is 10.8 Å². The van der Waals surface area contributed by atoms with Gasteiger partial charge in [0.05, 0.1) is 0 Å². The van der Waals surface area contributed by atoms with Crippen LogP contribution in [0.1, 0.15) is 37.5 Å². The maximum absolute atomic E-state index is 11.6. The van der Waals surface area contributed by atoms with Crippen molar-refractivity contribution in [1.82, 2.24) is 9.72 Å². The zero-order chi connectivity index (χ0) is 13.8. The van der Waals surface area contributed by atoms with Crippen molar-refractivity contribution in [3.05, 3.63) is 28.5 Å². The summed E-state index contributed by atoms with van der Waals surface area (Å²) in [6.45, 7) is 0. The van der Waals surface area contributed by atoms with Crippen LogP contribution in [0.15, 0.2) is 21.5 Å². The van der Waals surface area contributed by atoms with E-state index in [9.17, 15) is 9.59 Å². The number of hydrogen-bond donors (Lipinski definition) is 2. The third kappa shape index (κ3) is 3.11. The molecule has 0 spiro atoms. The fourth-order valence-corrected chi connectivity index (χ4v) is 2.29. The molecular weight excluding hydrogens is 250 g/mol. The topological polar surface area (TPSA) is 111 Å². The first-order valence-electron chi connectivity index (χ1n) is 6.31. The molecule has 0 aliphatic carbocycles. The molecule has 104 valence electrons. The molecule has 1 aliphatic heterocycles. The molecule has 1 aromatic rings. The highest BCUT2D eigenvalue weighted by molar-refractivity contribution is 5.75. The van der Waals surface area contributed by atoms with Gasteiger partial charge in [-0.25, -0.2) is 4.79 Å². The highest BCUT2D eigenvalue weighted by Gasteiger charge is 2.22. The number of fused-ring (bicyclic) bond motifs is 1. The Balaban J connectivity index is 2.10. The Morgan fingerprint density at radius 1 is 1.63 bits per heavy atom. The highest BCUT2D eigenvalue weighted by Crippen LogP contribution is 2.24. The monoisotopic (exact) mass is 267 g/mol. The van der Waals surface area contributed by atoms with Gasteiger partial charge in [0.2, 0.25) is 0 Å². The molecule has 0 radical (unpaired) electrons. The van der Waals surface area contributed by atoms with Crippen molar-refractivity contribution in [3.8, 4) is 0 Å². The second-order valence-electron chi connectivity index (χ2n) is 4.66. The summed E-state index contributed by atoms with van der Waals surface area (Å²) >= 11 is 0. The smallest absolute Gasteiger partial charge is 0.441 e. The lowest BCUT2D eigenvalue weighted by Gasteiger charge is -2.13. The Morgan fingerprint density at radius 3 is 3.16 bits per heavy atom. The second-order valence-corrected chi connectivity index (χ2v) is 4.66. The van der Waals surface area contributed by atoms with Crippen molar-refractivity contribution >= 4 is 5.97 Å². The molecule has 19 heavy (non-hydrogen) atoms. The largest absolute Gasteiger partial charge is 0.480 e. The lowest BCUT2D eigenvalue weighted by Crippen LogP contribution is -2.27. The van der Waals surface area contributed by atoms with E-state index in [1.807, 2.05) is 0 Å². The summed E-state index contributed by atoms with van der Waals surface area (Å²) < 4.78 is 6.26. The molecule has 0 fully saturated rings. The van der Waals surface area contributed by atoms with Crippen LogP contribution < -0.4 is 11.5 Å². The van der Waals surface area contributed by atoms with Gasteiger partial charge in [-0.1, -0.05) is 23.7 Å². The van der Waals surface area contributed by atoms with Gasteiger partial charge in [-0.3, -0.25) is 13.9 Å². The third-order valence-corrected chi connectivity index (χ3v) is 3.29. The Bertz CT molecular complexity index is 531. The van der Waals surface area contributed by atoms with E-state index < -0.39 is 17.8 Å². The predicted octanol–water partition coefficient (Wildman–Crippen LogP) is 0.462. The lowest BCUT2D eigenvalue weighted by molar-refractivity contribution is -0.137. The number of nitrogens with two attached hydrogens (primary N) is 1. The van der Waals surface area contributed by atoms with Crippen molar-refractivity contribution < 1.29 is 14.4 Å². The van der Waals surface area contributed by atoms with Gasteiger partial charge in [0, 0.05) is 12.5 Å². The molecule has 2 rings (SSSR count). The number of aryl methyl sites for hydroxylation is 1. The first kappa shape index (κ1) is 13.5. The molecule has 3 N–H and O–H groups in total. The van der Waals surface area contributed by atoms with E-state index in [0.717, 1.165) is 25.7 Å². The fourth-order valence-electron chi connectivity index (χ4n) is 2.29. The summed E-state index contributed by atoms with van der Waals surface area (Å²) in [5.41, 5.74) is 5.38. The van der Waals surface area contributed by atoms with E-state index in [0.29, 0.717) is 12.2 Å². The quantitative estimate of drug-likeness (QED) is 0.767. The Labute approximate surface area is 109 Å². The van der Waals surface area contributed by atoms with Gasteiger partial charge in [-0.05, 0) is 19.3 Å². The Hall–Kier alpha value is -1.89. The zero-order valence-electron chi connectivity index (χ0n) is 10.5. The van der Waals surface area contributed by atoms with E-state index >= 15 is 0 Å². The van der Waals surface area contributed by atoms with Gasteiger partial charge in [-0.15, -0.1) is 0 Å². The Kier molecular flexibility index (Phi) is 4.16. The van der Waals surface area contributed by atoms with Gasteiger partial charge in [0.25, 0.3) is 0 Å². The minimum Gasteiger partial charge on any atom is -0.480 e. The normalized spacial score (nSPS) is 21.0. The fraction of sp³-hybridized carbons (Fsp3) is 0.583. The molecule has 7 heteroatoms. The molecule has 0 amide bonds. The van der Waals surface area contributed by atoms with Crippen molar-refractivity contribution in [2.24, 2.45) is 5.73 Å². The molecule has 0 bridgehead atoms. The summed E-state index contributed by atoms with van der Waals surface area (Å²) in [4.78, 5) is 22.2. The molecule has 1 aliphatic rings. The first-order chi connectivity index (χ1) is 9.09. The predicted molar refractivity (Wildman–Crippen MR) is 66.7 cm³/mol. The van der Waals surface area contributed by atoms with Crippen molar-refractivity contribution in [2.45, 2.75) is 44.2 Å². The van der Waals surface area contributed by atoms with Crippen molar-refractivity contribution in [3.63, 3.8) is 0 Å². The molecule has 2 atom stereocenters. The van der Waals surface area contributed by atoms with Crippen molar-refractivity contribution in [1.29, 1.82) is 0 Å². The van der Waals surface area contributed by atoms with E-state index in [1.165, 1.54) is 6.08 Å². The molecule has 1 aromatic heterocycles. The van der Waals surface area contributed by atoms with E-state index in [1.54, 1.807) is 10.6 Å². The maximum atomic E-state index is 11.6. The summed E-state index contributed by atoms with van der Waals surface area (Å²) in [6.07, 6.45) is 7.26. The summed E-state index contributed by atoms with van der Waals surface area (Å²) in [7, 11) is 0. The molecule has 0 aromatic carbocycles. The van der Waals surface area contributed by atoms with Crippen LogP contribution in [0.5, 0.6) is 0 Å². The van der Waals surface area contributed by atoms with Crippen LogP contribution in [-0.4, -0.2) is 26.8 Å². The van der Waals surface area contributed by atoms with Crippen LogP contribution in [-0.2, 0) is 11.2 Å². The molecule has 2 heterocycles. The van der Waals surface area contributed by atoms with Crippen LogP contribution >= 0.6 is 0 Å². The number of carboxylic acids is 1. The van der Waals surface area contributed by atoms with E-state index in [4.69, 9.17) is 10.8 Å². The SMILES string of the molecule is NC(/C=C/CC1CCCCc2noc(=O)n21)C(=O)O. The minimum atomic E-state index is -1.07. The van der Waals surface area contributed by atoms with Crippen LogP contribution in [0.3, 0.4) is 0 Å². The number of hydrogen-bond acceptors (Lipinski definition) is 5. The number of aliphatic carboxylic acids is 1. The molecular formula is C12H17N3O4. The zero-order valence-corrected chi connectivity index (χ0v) is 10.5. The average Bonchev–Trinajstić information content (AvgIpc) is 2.61. The molecule has 2 unspecified atom stereocenters. The summed E-state index contributed by atoms with van der Waals surface area (Å²) in [6, 6.07) is -1.04. The van der Waals surface area contributed by atoms with Gasteiger partial charge in [0.15, 0.2) is 5.82 Å². The minimum absolute atomic E-state index is 0.0338. The first-order valence-corrected chi connectivity index (χ1v) is 6.31. The number of carboxylic acid groups (broad SMARTS) is 1. The highest BCUT2D eigenvalue weighted by atomic mass is 16.5. The summed E-state index contributed by atoms with van der Waals surface area (Å²) in [5, 5.41) is 12.4. The van der Waals surface area contributed by atoms with Crippen molar-refractivity contribution in [2.75, 3.05) is 0 Å². The number of carbonyl (C=O) groups is 1. The van der Waals surface area contributed by atoms with Gasteiger partial charge in [-0.2, -0.15) is 0 Å². The second kappa shape index (κ2) is 5.83. The molecule has 0 saturated carbocycles. The van der Waals surface area contributed by atoms with Gasteiger partial charge in [0.1, 0.15) is 6.04 Å². The molecule has 7 nitrogen and oxygen atoms in total. The third-order valence-electron chi connectivity index (χ3n) is 3.29. The average molecular weight is 267 g/mol. The van der Waals surface area contributed by atoms with Crippen LogP contribution in [0, 0.1) is 0 Å². The lowest BCUT2D eigenvalue weighted by atomic mass is 10.1. The number of nitrogens with zero attached hydrogens (tertiary/aromatic N) is 2. The standard InChI is InChI=1S/C12H17N3O4/c13-9(11(16)17)6-3-5-8-4-1-2-7-10-14-19-12(18)15(8)10/h3,6,8-9H,1-2,4-5,7,13H2,(H,16,17)/b6-3+. The Morgan fingerprint density at radius 2 is 2.42 bits per heavy atom. The molecule has 0 saturated heterocycles. The van der Waals surface area contributed by atoms with E-state index in [-0.39, 0.29) is 6.04 Å². The number of aromatic nitrogens is 2. The summed E-state index contributed by atoms with van der Waals surface area (Å²) in [5.74, 6) is -0.846. The number of allylic oxidation sites excluding steroid dienone is 1. The van der Waals surface area contributed by atoms with Crippen LogP contribution in [0.2, 0.25) is 0 Å². The number of rotatable bonds is 4. The van der Waals surface area contributed by atoms with Gasteiger partial charge >= 0.3 is 11.7 Å². The maximum Gasteiger partial charge on any atom is 0.441 e. The van der Waals surface area contributed by atoms with Crippen LogP contribution in [0.25, 0.3) is 0 Å². The van der Waals surface area contributed by atoms with Crippen LogP contribution in [0.4, 0.5) is 0 Å². The van der Waals surface area contributed by atoms with E-state index in [2.05, 4.69) is 9.68 Å².